The third-order valence-electron chi connectivity index (χ3n) is 4.35. The highest BCUT2D eigenvalue weighted by atomic mass is 16.3. The summed E-state index contributed by atoms with van der Waals surface area (Å²) in [7, 11) is 0. The lowest BCUT2D eigenvalue weighted by Gasteiger charge is -2.10. The maximum Gasteiger partial charge on any atom is 0.251 e. The highest BCUT2D eigenvalue weighted by Crippen LogP contribution is 2.15. The molecule has 0 aliphatic carbocycles. The van der Waals surface area contributed by atoms with Crippen molar-refractivity contribution >= 4 is 34.8 Å². The van der Waals surface area contributed by atoms with Gasteiger partial charge in [-0.1, -0.05) is 13.0 Å². The van der Waals surface area contributed by atoms with E-state index in [9.17, 15) is 14.4 Å². The first-order valence-corrected chi connectivity index (χ1v) is 9.88. The van der Waals surface area contributed by atoms with E-state index in [4.69, 9.17) is 4.42 Å². The van der Waals surface area contributed by atoms with Crippen molar-refractivity contribution in [2.75, 3.05) is 22.5 Å². The normalized spacial score (nSPS) is 10.2. The molecular formula is C23H24N4O4. The SMILES string of the molecule is CCC(=O)Nc1cccc(NCC(=O)Nc2ccc(C(=O)NCc3ccco3)cc2)c1. The monoisotopic (exact) mass is 420 g/mol. The van der Waals surface area contributed by atoms with E-state index in [0.29, 0.717) is 41.4 Å². The molecule has 0 bridgehead atoms. The second-order valence-corrected chi connectivity index (χ2v) is 6.72. The lowest BCUT2D eigenvalue weighted by Crippen LogP contribution is -2.23. The van der Waals surface area contributed by atoms with Gasteiger partial charge in [-0.2, -0.15) is 0 Å². The average molecular weight is 420 g/mol. The lowest BCUT2D eigenvalue weighted by molar-refractivity contribution is -0.116. The van der Waals surface area contributed by atoms with Gasteiger partial charge < -0.3 is 25.7 Å². The molecular weight excluding hydrogens is 396 g/mol. The number of nitrogens with one attached hydrogen (secondary N) is 4. The van der Waals surface area contributed by atoms with E-state index in [-0.39, 0.29) is 24.3 Å². The Bertz CT molecular complexity index is 1030. The minimum atomic E-state index is -0.238. The number of hydrogen-bond acceptors (Lipinski definition) is 5. The summed E-state index contributed by atoms with van der Waals surface area (Å²) < 4.78 is 5.18. The van der Waals surface area contributed by atoms with Crippen LogP contribution in [-0.4, -0.2) is 24.3 Å². The summed E-state index contributed by atoms with van der Waals surface area (Å²) in [6, 6.07) is 17.3. The molecule has 3 rings (SSSR count). The van der Waals surface area contributed by atoms with E-state index in [1.165, 1.54) is 0 Å². The van der Waals surface area contributed by atoms with Crippen molar-refractivity contribution in [3.63, 3.8) is 0 Å². The molecule has 0 spiro atoms. The number of carbonyl (C=O) groups is 3. The van der Waals surface area contributed by atoms with Gasteiger partial charge in [-0.3, -0.25) is 14.4 Å². The third-order valence-corrected chi connectivity index (χ3v) is 4.35. The molecule has 0 saturated heterocycles. The lowest BCUT2D eigenvalue weighted by atomic mass is 10.2. The third kappa shape index (κ3) is 6.74. The molecule has 3 aromatic rings. The molecule has 0 atom stereocenters. The molecule has 160 valence electrons. The number of amides is 3. The van der Waals surface area contributed by atoms with Gasteiger partial charge in [-0.15, -0.1) is 0 Å². The Morgan fingerprint density at radius 2 is 1.58 bits per heavy atom. The van der Waals surface area contributed by atoms with Gasteiger partial charge in [0.05, 0.1) is 19.4 Å². The van der Waals surface area contributed by atoms with Gasteiger partial charge in [0, 0.05) is 29.0 Å². The first-order chi connectivity index (χ1) is 15.0. The quantitative estimate of drug-likeness (QED) is 0.422. The van der Waals surface area contributed by atoms with Crippen molar-refractivity contribution in [1.29, 1.82) is 0 Å². The molecule has 8 heteroatoms. The van der Waals surface area contributed by atoms with E-state index < -0.39 is 0 Å². The predicted octanol–water partition coefficient (Wildman–Crippen LogP) is 3.61. The van der Waals surface area contributed by atoms with Gasteiger partial charge in [0.1, 0.15) is 5.76 Å². The van der Waals surface area contributed by atoms with Gasteiger partial charge in [0.25, 0.3) is 5.91 Å². The molecule has 3 amide bonds. The van der Waals surface area contributed by atoms with E-state index in [2.05, 4.69) is 21.3 Å². The summed E-state index contributed by atoms with van der Waals surface area (Å²) in [5, 5.41) is 11.3. The number of carbonyl (C=O) groups excluding carboxylic acids is 3. The summed E-state index contributed by atoms with van der Waals surface area (Å²) in [4.78, 5) is 35.9. The molecule has 1 heterocycles. The zero-order valence-corrected chi connectivity index (χ0v) is 17.1. The summed E-state index contributed by atoms with van der Waals surface area (Å²) in [6.45, 7) is 2.14. The van der Waals surface area contributed by atoms with Crippen molar-refractivity contribution in [3.05, 3.63) is 78.3 Å². The number of furan rings is 1. The minimum Gasteiger partial charge on any atom is -0.467 e. The summed E-state index contributed by atoms with van der Waals surface area (Å²) in [5.41, 5.74) is 2.44. The maximum atomic E-state index is 12.2. The molecule has 0 saturated carbocycles. The molecule has 8 nitrogen and oxygen atoms in total. The average Bonchev–Trinajstić information content (AvgIpc) is 3.30. The molecule has 0 radical (unpaired) electrons. The topological polar surface area (TPSA) is 112 Å². The Morgan fingerprint density at radius 1 is 0.839 bits per heavy atom. The van der Waals surface area contributed by atoms with Crippen LogP contribution < -0.4 is 21.3 Å². The fourth-order valence-corrected chi connectivity index (χ4v) is 2.73. The molecule has 4 N–H and O–H groups in total. The number of anilines is 3. The van der Waals surface area contributed by atoms with Crippen LogP contribution in [0.15, 0.2) is 71.3 Å². The van der Waals surface area contributed by atoms with Crippen molar-refractivity contribution in [1.82, 2.24) is 5.32 Å². The van der Waals surface area contributed by atoms with Gasteiger partial charge in [0.2, 0.25) is 11.8 Å². The van der Waals surface area contributed by atoms with E-state index in [1.807, 2.05) is 6.07 Å². The van der Waals surface area contributed by atoms with Crippen molar-refractivity contribution in [3.8, 4) is 0 Å². The van der Waals surface area contributed by atoms with Crippen LogP contribution >= 0.6 is 0 Å². The first kappa shape index (κ1) is 21.6. The van der Waals surface area contributed by atoms with Crippen LogP contribution in [0.25, 0.3) is 0 Å². The largest absolute Gasteiger partial charge is 0.467 e. The summed E-state index contributed by atoms with van der Waals surface area (Å²) >= 11 is 0. The number of rotatable bonds is 9. The molecule has 2 aromatic carbocycles. The van der Waals surface area contributed by atoms with Crippen LogP contribution in [0, 0.1) is 0 Å². The summed E-state index contributed by atoms with van der Waals surface area (Å²) in [6.07, 6.45) is 1.94. The van der Waals surface area contributed by atoms with E-state index in [1.54, 1.807) is 67.8 Å². The van der Waals surface area contributed by atoms with Crippen molar-refractivity contribution in [2.24, 2.45) is 0 Å². The minimum absolute atomic E-state index is 0.0521. The Hall–Kier alpha value is -4.07. The second-order valence-electron chi connectivity index (χ2n) is 6.72. The van der Waals surface area contributed by atoms with Crippen molar-refractivity contribution < 1.29 is 18.8 Å². The Morgan fingerprint density at radius 3 is 2.29 bits per heavy atom. The van der Waals surface area contributed by atoms with Crippen LogP contribution in [0.5, 0.6) is 0 Å². The fraction of sp³-hybridized carbons (Fsp3) is 0.174. The smallest absolute Gasteiger partial charge is 0.251 e. The molecule has 0 aliphatic rings. The Labute approximate surface area is 180 Å². The Balaban J connectivity index is 1.46. The van der Waals surface area contributed by atoms with E-state index >= 15 is 0 Å². The highest BCUT2D eigenvalue weighted by Gasteiger charge is 2.08. The van der Waals surface area contributed by atoms with E-state index in [0.717, 1.165) is 0 Å². The van der Waals surface area contributed by atoms with Gasteiger partial charge in [0.15, 0.2) is 0 Å². The van der Waals surface area contributed by atoms with Crippen LogP contribution in [0.1, 0.15) is 29.5 Å². The van der Waals surface area contributed by atoms with Gasteiger partial charge in [-0.05, 0) is 54.6 Å². The van der Waals surface area contributed by atoms with Crippen LogP contribution in [-0.2, 0) is 16.1 Å². The zero-order valence-electron chi connectivity index (χ0n) is 17.1. The van der Waals surface area contributed by atoms with Gasteiger partial charge >= 0.3 is 0 Å². The molecule has 0 fully saturated rings. The van der Waals surface area contributed by atoms with Crippen LogP contribution in [0.3, 0.4) is 0 Å². The van der Waals surface area contributed by atoms with Crippen molar-refractivity contribution in [2.45, 2.75) is 19.9 Å². The Kier molecular flexibility index (Phi) is 7.42. The molecule has 31 heavy (non-hydrogen) atoms. The number of hydrogen-bond donors (Lipinski definition) is 4. The molecule has 0 aliphatic heterocycles. The number of benzene rings is 2. The predicted molar refractivity (Wildman–Crippen MR) is 119 cm³/mol. The molecule has 0 unspecified atom stereocenters. The fourth-order valence-electron chi connectivity index (χ4n) is 2.73. The highest BCUT2D eigenvalue weighted by molar-refractivity contribution is 5.97. The first-order valence-electron chi connectivity index (χ1n) is 9.88. The van der Waals surface area contributed by atoms with Crippen LogP contribution in [0.2, 0.25) is 0 Å². The molecule has 1 aromatic heterocycles. The maximum absolute atomic E-state index is 12.2. The van der Waals surface area contributed by atoms with Gasteiger partial charge in [-0.25, -0.2) is 0 Å². The zero-order chi connectivity index (χ0) is 22.1. The van der Waals surface area contributed by atoms with Crippen LogP contribution in [0.4, 0.5) is 17.1 Å². The second kappa shape index (κ2) is 10.6. The standard InChI is InChI=1S/C23H24N4O4/c1-2-21(28)27-19-6-3-5-18(13-19)24-15-22(29)26-17-10-8-16(9-11-17)23(30)25-14-20-7-4-12-31-20/h3-13,24H,2,14-15H2,1H3,(H,25,30)(H,26,29)(H,27,28). The summed E-state index contributed by atoms with van der Waals surface area (Å²) in [5.74, 6) is 0.125.